The fraction of sp³-hybridized carbons (Fsp3) is 0.222. The van der Waals surface area contributed by atoms with E-state index >= 15 is 0 Å². The molecule has 2 heterocycles. The average molecular weight is 286 g/mol. The number of ether oxygens (including phenoxy) is 1. The van der Waals surface area contributed by atoms with Gasteiger partial charge in [0.2, 0.25) is 5.88 Å². The molecule has 0 amide bonds. The van der Waals surface area contributed by atoms with E-state index < -0.39 is 0 Å². The highest BCUT2D eigenvalue weighted by molar-refractivity contribution is 9.10. The van der Waals surface area contributed by atoms with E-state index in [2.05, 4.69) is 30.9 Å². The van der Waals surface area contributed by atoms with Gasteiger partial charge in [-0.15, -0.1) is 0 Å². The molecule has 0 N–H and O–H groups in total. The molecule has 0 atom stereocenters. The highest BCUT2D eigenvalue weighted by Gasteiger charge is 2.09. The third-order valence-corrected chi connectivity index (χ3v) is 3.09. The Morgan fingerprint density at radius 1 is 1.33 bits per heavy atom. The number of nitrogens with zero attached hydrogens (tertiary/aromatic N) is 3. The van der Waals surface area contributed by atoms with Crippen LogP contribution >= 0.6 is 27.7 Å². The van der Waals surface area contributed by atoms with Crippen LogP contribution in [0.15, 0.2) is 22.0 Å². The van der Waals surface area contributed by atoms with E-state index in [1.54, 1.807) is 19.5 Å². The number of hydrogen-bond acceptors (Lipinski definition) is 5. The molecule has 0 aliphatic carbocycles. The predicted molar refractivity (Wildman–Crippen MR) is 63.4 cm³/mol. The fourth-order valence-corrected chi connectivity index (χ4v) is 1.93. The van der Waals surface area contributed by atoms with Crippen LogP contribution in [0, 0.1) is 0 Å². The molecule has 0 aliphatic heterocycles. The van der Waals surface area contributed by atoms with Gasteiger partial charge in [-0.3, -0.25) is 0 Å². The summed E-state index contributed by atoms with van der Waals surface area (Å²) in [6.45, 7) is 0. The molecule has 0 fully saturated rings. The molecule has 4 nitrogen and oxygen atoms in total. The summed E-state index contributed by atoms with van der Waals surface area (Å²) in [7, 11) is 1.58. The molecule has 0 saturated carbocycles. The van der Waals surface area contributed by atoms with Gasteiger partial charge in [0.25, 0.3) is 0 Å². The normalized spacial score (nSPS) is 10.6. The van der Waals surface area contributed by atoms with Gasteiger partial charge in [-0.1, -0.05) is 11.8 Å². The maximum atomic E-state index is 5.15. The highest BCUT2D eigenvalue weighted by Crippen LogP contribution is 2.28. The lowest BCUT2D eigenvalue weighted by molar-refractivity contribution is 0.402. The van der Waals surface area contributed by atoms with Crippen LogP contribution in [0.1, 0.15) is 0 Å². The number of hydrogen-bond donors (Lipinski definition) is 0. The second kappa shape index (κ2) is 4.32. The maximum Gasteiger partial charge on any atom is 0.240 e. The number of thioether (sulfide) groups is 1. The molecular formula is C9H8BrN3OS. The predicted octanol–water partition coefficient (Wildman–Crippen LogP) is 2.52. The molecule has 0 aliphatic rings. The Hall–Kier alpha value is -0.880. The molecule has 78 valence electrons. The summed E-state index contributed by atoms with van der Waals surface area (Å²) in [6.07, 6.45) is 5.38. The molecule has 6 heteroatoms. The minimum Gasteiger partial charge on any atom is -0.479 e. The van der Waals surface area contributed by atoms with E-state index in [1.807, 2.05) is 6.26 Å². The number of halogens is 1. The standard InChI is InChI=1S/C9H8BrN3OS/c1-14-8-7-5(6(10)4-11-8)3-12-9(13-7)15-2/h3-4H,1-2H3. The highest BCUT2D eigenvalue weighted by atomic mass is 79.9. The Morgan fingerprint density at radius 3 is 2.80 bits per heavy atom. The lowest BCUT2D eigenvalue weighted by Crippen LogP contribution is -1.94. The van der Waals surface area contributed by atoms with Crippen LogP contribution in [0.5, 0.6) is 5.88 Å². The van der Waals surface area contributed by atoms with Crippen LogP contribution in [0.2, 0.25) is 0 Å². The van der Waals surface area contributed by atoms with Gasteiger partial charge in [0.05, 0.1) is 7.11 Å². The summed E-state index contributed by atoms with van der Waals surface area (Å²) in [4.78, 5) is 12.7. The Kier molecular flexibility index (Phi) is 3.06. The molecule has 2 aromatic rings. The third kappa shape index (κ3) is 1.91. The molecule has 0 unspecified atom stereocenters. The zero-order valence-electron chi connectivity index (χ0n) is 8.19. The average Bonchev–Trinajstić information content (AvgIpc) is 2.29. The van der Waals surface area contributed by atoms with Crippen molar-refractivity contribution in [3.8, 4) is 5.88 Å². The van der Waals surface area contributed by atoms with Gasteiger partial charge < -0.3 is 4.74 Å². The van der Waals surface area contributed by atoms with Gasteiger partial charge >= 0.3 is 0 Å². The van der Waals surface area contributed by atoms with Crippen molar-refractivity contribution in [3.63, 3.8) is 0 Å². The van der Waals surface area contributed by atoms with Crippen molar-refractivity contribution in [2.45, 2.75) is 5.16 Å². The van der Waals surface area contributed by atoms with Crippen LogP contribution in [0.3, 0.4) is 0 Å². The van der Waals surface area contributed by atoms with Crippen LogP contribution < -0.4 is 4.74 Å². The first-order valence-electron chi connectivity index (χ1n) is 4.15. The first kappa shape index (κ1) is 10.6. The van der Waals surface area contributed by atoms with Crippen LogP contribution in [-0.4, -0.2) is 28.3 Å². The molecule has 0 saturated heterocycles. The number of methoxy groups -OCH3 is 1. The lowest BCUT2D eigenvalue weighted by atomic mass is 10.3. The van der Waals surface area contributed by atoms with Crippen LogP contribution in [0.4, 0.5) is 0 Å². The first-order valence-corrected chi connectivity index (χ1v) is 6.17. The van der Waals surface area contributed by atoms with Crippen molar-refractivity contribution in [1.82, 2.24) is 15.0 Å². The summed E-state index contributed by atoms with van der Waals surface area (Å²) < 4.78 is 6.02. The zero-order valence-corrected chi connectivity index (χ0v) is 10.6. The van der Waals surface area contributed by atoms with Crippen molar-refractivity contribution in [1.29, 1.82) is 0 Å². The molecule has 0 bridgehead atoms. The van der Waals surface area contributed by atoms with E-state index in [4.69, 9.17) is 4.74 Å². The van der Waals surface area contributed by atoms with E-state index in [9.17, 15) is 0 Å². The molecule has 15 heavy (non-hydrogen) atoms. The summed E-state index contributed by atoms with van der Waals surface area (Å²) in [6, 6.07) is 0. The van der Waals surface area contributed by atoms with Gasteiger partial charge in [0.1, 0.15) is 5.52 Å². The van der Waals surface area contributed by atoms with Gasteiger partial charge in [-0.2, -0.15) is 0 Å². The molecular weight excluding hydrogens is 278 g/mol. The summed E-state index contributed by atoms with van der Waals surface area (Å²) in [5, 5.41) is 1.61. The quantitative estimate of drug-likeness (QED) is 0.627. The SMILES string of the molecule is COc1ncc(Br)c2cnc(SC)nc12. The van der Waals surface area contributed by atoms with Gasteiger partial charge in [-0.25, -0.2) is 15.0 Å². The Labute approximate surface area is 99.6 Å². The van der Waals surface area contributed by atoms with Crippen molar-refractivity contribution < 1.29 is 4.74 Å². The van der Waals surface area contributed by atoms with E-state index in [0.29, 0.717) is 11.0 Å². The summed E-state index contributed by atoms with van der Waals surface area (Å²) >= 11 is 4.89. The first-order chi connectivity index (χ1) is 7.26. The van der Waals surface area contributed by atoms with Crippen molar-refractivity contribution >= 4 is 38.6 Å². The topological polar surface area (TPSA) is 47.9 Å². The number of pyridine rings is 1. The molecule has 2 rings (SSSR count). The molecule has 0 spiro atoms. The fourth-order valence-electron chi connectivity index (χ4n) is 1.20. The smallest absolute Gasteiger partial charge is 0.240 e. The lowest BCUT2D eigenvalue weighted by Gasteiger charge is -2.05. The third-order valence-electron chi connectivity index (χ3n) is 1.90. The van der Waals surface area contributed by atoms with E-state index in [-0.39, 0.29) is 0 Å². The molecule has 0 radical (unpaired) electrons. The van der Waals surface area contributed by atoms with E-state index in [0.717, 1.165) is 15.4 Å². The maximum absolute atomic E-state index is 5.15. The van der Waals surface area contributed by atoms with E-state index in [1.165, 1.54) is 11.8 Å². The van der Waals surface area contributed by atoms with Crippen LogP contribution in [-0.2, 0) is 0 Å². The second-order valence-electron chi connectivity index (χ2n) is 2.73. The Bertz CT molecular complexity index is 506. The Morgan fingerprint density at radius 2 is 2.13 bits per heavy atom. The summed E-state index contributed by atoms with van der Waals surface area (Å²) in [5.74, 6) is 0.519. The molecule has 0 aromatic carbocycles. The number of aromatic nitrogens is 3. The second-order valence-corrected chi connectivity index (χ2v) is 4.36. The molecule has 2 aromatic heterocycles. The van der Waals surface area contributed by atoms with Crippen molar-refractivity contribution in [2.24, 2.45) is 0 Å². The van der Waals surface area contributed by atoms with Gasteiger partial charge in [-0.05, 0) is 22.2 Å². The largest absolute Gasteiger partial charge is 0.479 e. The Balaban J connectivity index is 2.77. The summed E-state index contributed by atoms with van der Waals surface area (Å²) in [5.41, 5.74) is 0.728. The van der Waals surface area contributed by atoms with Gasteiger partial charge in [0.15, 0.2) is 5.16 Å². The van der Waals surface area contributed by atoms with Crippen molar-refractivity contribution in [3.05, 3.63) is 16.9 Å². The monoisotopic (exact) mass is 285 g/mol. The number of rotatable bonds is 2. The zero-order chi connectivity index (χ0) is 10.8. The minimum absolute atomic E-state index is 0.519. The minimum atomic E-state index is 0.519. The van der Waals surface area contributed by atoms with Crippen molar-refractivity contribution in [2.75, 3.05) is 13.4 Å². The van der Waals surface area contributed by atoms with Gasteiger partial charge in [0, 0.05) is 22.3 Å². The van der Waals surface area contributed by atoms with Crippen LogP contribution in [0.25, 0.3) is 10.9 Å². The number of fused-ring (bicyclic) bond motifs is 1.